The van der Waals surface area contributed by atoms with Gasteiger partial charge in [0.15, 0.2) is 8.32 Å². The van der Waals surface area contributed by atoms with E-state index in [0.717, 1.165) is 0 Å². The lowest BCUT2D eigenvalue weighted by Gasteiger charge is -2.51. The van der Waals surface area contributed by atoms with Gasteiger partial charge in [0.05, 0.1) is 17.8 Å². The van der Waals surface area contributed by atoms with Gasteiger partial charge >= 0.3 is 0 Å². The highest BCUT2D eigenvalue weighted by molar-refractivity contribution is 6.74. The Morgan fingerprint density at radius 2 is 1.73 bits per heavy atom. The molecule has 0 aromatic heterocycles. The van der Waals surface area contributed by atoms with Crippen molar-refractivity contribution in [2.24, 2.45) is 22.7 Å². The van der Waals surface area contributed by atoms with E-state index in [9.17, 15) is 10.2 Å². The quantitative estimate of drug-likeness (QED) is 0.539. The zero-order valence-corrected chi connectivity index (χ0v) is 18.8. The van der Waals surface area contributed by atoms with E-state index in [2.05, 4.69) is 73.0 Å². The number of fused-ring (bicyclic) bond motifs is 2. The first kappa shape index (κ1) is 21.6. The highest BCUT2D eigenvalue weighted by Gasteiger charge is 2.73. The molecular weight excluding hydrogens is 340 g/mol. The molecule has 7 atom stereocenters. The SMILES string of the molecule is C=CC1C2(C)C=C[C@H](O[Si](C)(C)C(C)(C)C)C1(C)[C@](C)(O)[C@@H]2[C@@H](O)C=C. The molecular formula is C22H38O3Si. The van der Waals surface area contributed by atoms with Crippen LogP contribution in [0.15, 0.2) is 37.5 Å². The zero-order valence-electron chi connectivity index (χ0n) is 17.8. The van der Waals surface area contributed by atoms with Gasteiger partial charge in [0.1, 0.15) is 0 Å². The van der Waals surface area contributed by atoms with Gasteiger partial charge in [-0.3, -0.25) is 0 Å². The van der Waals surface area contributed by atoms with Crippen LogP contribution in [0.1, 0.15) is 41.5 Å². The summed E-state index contributed by atoms with van der Waals surface area (Å²) in [6, 6.07) is 0. The van der Waals surface area contributed by atoms with Gasteiger partial charge in [0, 0.05) is 16.7 Å². The van der Waals surface area contributed by atoms with E-state index in [1.807, 2.05) is 13.0 Å². The van der Waals surface area contributed by atoms with Gasteiger partial charge in [-0.1, -0.05) is 58.9 Å². The molecule has 26 heavy (non-hydrogen) atoms. The minimum Gasteiger partial charge on any atom is -0.410 e. The van der Waals surface area contributed by atoms with Crippen molar-refractivity contribution in [1.82, 2.24) is 0 Å². The predicted molar refractivity (Wildman–Crippen MR) is 111 cm³/mol. The molecule has 0 radical (unpaired) electrons. The number of allylic oxidation sites excluding steroid dienone is 2. The van der Waals surface area contributed by atoms with E-state index in [-0.39, 0.29) is 23.0 Å². The van der Waals surface area contributed by atoms with Crippen LogP contribution in [-0.4, -0.2) is 36.3 Å². The summed E-state index contributed by atoms with van der Waals surface area (Å²) in [5, 5.41) is 22.5. The minimum atomic E-state index is -2.04. The van der Waals surface area contributed by atoms with Gasteiger partial charge in [-0.25, -0.2) is 0 Å². The number of aliphatic hydroxyl groups excluding tert-OH is 1. The van der Waals surface area contributed by atoms with Gasteiger partial charge in [-0.15, -0.1) is 13.2 Å². The summed E-state index contributed by atoms with van der Waals surface area (Å²) in [5.41, 5.74) is -2.12. The lowest BCUT2D eigenvalue weighted by molar-refractivity contribution is -0.130. The molecule has 1 fully saturated rings. The van der Waals surface area contributed by atoms with Crippen LogP contribution < -0.4 is 0 Å². The third kappa shape index (κ3) is 2.64. The van der Waals surface area contributed by atoms with Crippen LogP contribution in [-0.2, 0) is 4.43 Å². The molecule has 2 aliphatic rings. The van der Waals surface area contributed by atoms with Crippen molar-refractivity contribution >= 4 is 8.32 Å². The first-order chi connectivity index (χ1) is 11.6. The summed E-state index contributed by atoms with van der Waals surface area (Å²) in [4.78, 5) is 0. The predicted octanol–water partition coefficient (Wildman–Crippen LogP) is 4.69. The van der Waals surface area contributed by atoms with Crippen LogP contribution in [0.25, 0.3) is 0 Å². The number of aliphatic hydroxyl groups is 2. The first-order valence-electron chi connectivity index (χ1n) is 9.64. The fourth-order valence-electron chi connectivity index (χ4n) is 5.25. The van der Waals surface area contributed by atoms with Gasteiger partial charge in [-0.05, 0) is 31.0 Å². The highest BCUT2D eigenvalue weighted by Crippen LogP contribution is 2.69. The molecule has 0 aromatic carbocycles. The van der Waals surface area contributed by atoms with Crippen LogP contribution in [0.2, 0.25) is 18.1 Å². The van der Waals surface area contributed by atoms with Crippen molar-refractivity contribution in [3.63, 3.8) is 0 Å². The molecule has 0 spiro atoms. The van der Waals surface area contributed by atoms with Crippen LogP contribution in [0.3, 0.4) is 0 Å². The maximum absolute atomic E-state index is 11.8. The first-order valence-corrected chi connectivity index (χ1v) is 12.5. The van der Waals surface area contributed by atoms with Crippen molar-refractivity contribution in [2.75, 3.05) is 0 Å². The van der Waals surface area contributed by atoms with Gasteiger partial charge in [-0.2, -0.15) is 0 Å². The molecule has 2 bridgehead atoms. The Labute approximate surface area is 161 Å². The second-order valence-corrected chi connectivity index (χ2v) is 15.1. The molecule has 148 valence electrons. The maximum Gasteiger partial charge on any atom is 0.192 e. The summed E-state index contributed by atoms with van der Waals surface area (Å²) < 4.78 is 6.79. The second kappa shape index (κ2) is 6.16. The Hall–Kier alpha value is -0.683. The molecule has 0 heterocycles. The Morgan fingerprint density at radius 3 is 2.15 bits per heavy atom. The molecule has 0 amide bonds. The minimum absolute atomic E-state index is 0.00984. The van der Waals surface area contributed by atoms with Gasteiger partial charge in [0.25, 0.3) is 0 Å². The number of hydrogen-bond donors (Lipinski definition) is 2. The van der Waals surface area contributed by atoms with Crippen molar-refractivity contribution in [3.05, 3.63) is 37.5 Å². The molecule has 3 nitrogen and oxygen atoms in total. The Kier molecular flexibility index (Phi) is 5.12. The standard InChI is InChI=1S/C22H38O3Si/c1-11-15(23)18-20(6)14-13-17(25-26(9,10)19(3,4)5)21(7,16(20)12-2)22(18,8)24/h11-18,23-24H,1-2H2,3-10H3/t15-,16?,17-,18+,20?,21?,22+/m0/s1. The van der Waals surface area contributed by atoms with Crippen molar-refractivity contribution in [2.45, 2.75) is 77.5 Å². The Balaban J connectivity index is 2.62. The molecule has 0 saturated heterocycles. The molecule has 0 aromatic rings. The van der Waals surface area contributed by atoms with E-state index >= 15 is 0 Å². The van der Waals surface area contributed by atoms with Crippen molar-refractivity contribution in [1.29, 1.82) is 0 Å². The van der Waals surface area contributed by atoms with Crippen molar-refractivity contribution < 1.29 is 14.6 Å². The molecule has 4 heteroatoms. The summed E-state index contributed by atoms with van der Waals surface area (Å²) in [6.07, 6.45) is 6.71. The van der Waals surface area contributed by atoms with Crippen LogP contribution in [0.4, 0.5) is 0 Å². The largest absolute Gasteiger partial charge is 0.410 e. The smallest absolute Gasteiger partial charge is 0.192 e. The number of rotatable bonds is 5. The fourth-order valence-corrected chi connectivity index (χ4v) is 6.56. The third-order valence-electron chi connectivity index (χ3n) is 7.95. The fraction of sp³-hybridized carbons (Fsp3) is 0.727. The molecule has 1 saturated carbocycles. The van der Waals surface area contributed by atoms with E-state index in [1.54, 1.807) is 0 Å². The van der Waals surface area contributed by atoms with E-state index < -0.39 is 30.9 Å². The van der Waals surface area contributed by atoms with Crippen LogP contribution in [0.5, 0.6) is 0 Å². The normalized spacial score (nSPS) is 44.0. The monoisotopic (exact) mass is 378 g/mol. The van der Waals surface area contributed by atoms with Crippen LogP contribution >= 0.6 is 0 Å². The average molecular weight is 379 g/mol. The topological polar surface area (TPSA) is 49.7 Å². The van der Waals surface area contributed by atoms with Crippen molar-refractivity contribution in [3.8, 4) is 0 Å². The van der Waals surface area contributed by atoms with Gasteiger partial charge < -0.3 is 14.6 Å². The molecule has 2 N–H and O–H groups in total. The summed E-state index contributed by atoms with van der Waals surface area (Å²) >= 11 is 0. The van der Waals surface area contributed by atoms with E-state index in [4.69, 9.17) is 4.43 Å². The third-order valence-corrected chi connectivity index (χ3v) is 12.4. The Morgan fingerprint density at radius 1 is 1.19 bits per heavy atom. The molecule has 2 rings (SSSR count). The zero-order chi connectivity index (χ0) is 20.3. The second-order valence-electron chi connectivity index (χ2n) is 10.4. The molecule has 3 unspecified atom stereocenters. The van der Waals surface area contributed by atoms with Gasteiger partial charge in [0.2, 0.25) is 0 Å². The molecule has 2 aliphatic carbocycles. The molecule has 0 aliphatic heterocycles. The lowest BCUT2D eigenvalue weighted by atomic mass is 9.61. The van der Waals surface area contributed by atoms with E-state index in [1.165, 1.54) is 6.08 Å². The maximum atomic E-state index is 11.8. The summed E-state index contributed by atoms with van der Waals surface area (Å²) in [7, 11) is -2.04. The average Bonchev–Trinajstić information content (AvgIpc) is 2.58. The Bertz CT molecular complexity index is 615. The number of hydrogen-bond acceptors (Lipinski definition) is 3. The van der Waals surface area contributed by atoms with E-state index in [0.29, 0.717) is 0 Å². The lowest BCUT2D eigenvalue weighted by Crippen LogP contribution is -2.58. The summed E-state index contributed by atoms with van der Waals surface area (Å²) in [6.45, 7) is 25.0. The highest BCUT2D eigenvalue weighted by atomic mass is 28.4. The summed E-state index contributed by atoms with van der Waals surface area (Å²) in [5.74, 6) is -0.380. The van der Waals surface area contributed by atoms with Crippen LogP contribution in [0, 0.1) is 22.7 Å².